The topological polar surface area (TPSA) is 143 Å². The van der Waals surface area contributed by atoms with Crippen molar-refractivity contribution in [1.82, 2.24) is 15.0 Å². The molecule has 1 fully saturated rings. The van der Waals surface area contributed by atoms with Crippen molar-refractivity contribution in [1.29, 1.82) is 0 Å². The minimum absolute atomic E-state index is 0.00940. The number of rotatable bonds is 11. The van der Waals surface area contributed by atoms with Crippen LogP contribution in [0.4, 0.5) is 29.9 Å². The summed E-state index contributed by atoms with van der Waals surface area (Å²) in [7, 11) is -7.97. The second-order valence-electron chi connectivity index (χ2n) is 9.77. The van der Waals surface area contributed by atoms with E-state index in [1.807, 2.05) is 9.62 Å². The molecule has 0 aliphatic carbocycles. The highest BCUT2D eigenvalue weighted by atomic mass is 32.2. The van der Waals surface area contributed by atoms with Gasteiger partial charge in [0, 0.05) is 37.7 Å². The monoisotopic (exact) mass is 668 g/mol. The van der Waals surface area contributed by atoms with Gasteiger partial charge in [-0.05, 0) is 36.8 Å². The quantitative estimate of drug-likeness (QED) is 0.224. The zero-order valence-corrected chi connectivity index (χ0v) is 25.7. The van der Waals surface area contributed by atoms with E-state index in [-0.39, 0.29) is 23.0 Å². The number of aromatic nitrogens is 3. The maximum absolute atomic E-state index is 16.1. The molecule has 2 aromatic heterocycles. The van der Waals surface area contributed by atoms with E-state index >= 15 is 4.39 Å². The maximum Gasteiger partial charge on any atom is 0.267 e. The average molecular weight is 669 g/mol. The number of hydrogen-bond donors (Lipinski definition) is 2. The first-order chi connectivity index (χ1) is 20.9. The molecular formula is C27H27F3N6O5S3. The Bertz CT molecular complexity index is 1860. The van der Waals surface area contributed by atoms with Crippen LogP contribution in [0.5, 0.6) is 0 Å². The zero-order valence-electron chi connectivity index (χ0n) is 23.3. The molecule has 0 radical (unpaired) electrons. The molecule has 44 heavy (non-hydrogen) atoms. The van der Waals surface area contributed by atoms with Gasteiger partial charge in [0.2, 0.25) is 5.95 Å². The molecule has 1 aliphatic rings. The Morgan fingerprint density at radius 3 is 2.39 bits per heavy atom. The van der Waals surface area contributed by atoms with Gasteiger partial charge in [0.25, 0.3) is 10.0 Å². The van der Waals surface area contributed by atoms with Crippen LogP contribution in [-0.2, 0) is 24.6 Å². The van der Waals surface area contributed by atoms with Gasteiger partial charge in [-0.1, -0.05) is 23.5 Å². The van der Waals surface area contributed by atoms with Crippen molar-refractivity contribution >= 4 is 48.0 Å². The van der Waals surface area contributed by atoms with Crippen molar-refractivity contribution in [3.63, 3.8) is 0 Å². The molecule has 4 aromatic rings. The SMILES string of the molecule is CS(=O)(=O)CCCNc1nccc(-c2sc(N3CCOCC3)nc2-c2cccc(NS(=O)(=O)c3c(F)cccc3F)c2F)n1. The number of morpholine rings is 1. The standard InChI is InChI=1S/C27H27F3N6O5S3/c1-43(37,38)16-4-10-31-26-32-11-9-21(33-26)24-23(34-27(42-24)36-12-14-41-15-13-36)17-5-2-8-20(22(17)30)35-44(39,40)25-18(28)6-3-7-19(25)29/h2-3,5-9,11,35H,4,10,12-16H2,1H3,(H,31,32,33). The van der Waals surface area contributed by atoms with Crippen LogP contribution in [0.15, 0.2) is 53.6 Å². The molecule has 3 heterocycles. The van der Waals surface area contributed by atoms with Gasteiger partial charge in [-0.25, -0.2) is 45.0 Å². The van der Waals surface area contributed by atoms with Crippen LogP contribution >= 0.6 is 11.3 Å². The van der Waals surface area contributed by atoms with E-state index in [1.165, 1.54) is 29.7 Å². The number of thiazole rings is 1. The van der Waals surface area contributed by atoms with Gasteiger partial charge in [-0.2, -0.15) is 0 Å². The molecule has 1 aliphatic heterocycles. The highest BCUT2D eigenvalue weighted by Crippen LogP contribution is 2.42. The van der Waals surface area contributed by atoms with Crippen molar-refractivity contribution in [3.8, 4) is 21.8 Å². The van der Waals surface area contributed by atoms with E-state index in [4.69, 9.17) is 9.72 Å². The number of nitrogens with one attached hydrogen (secondary N) is 2. The van der Waals surface area contributed by atoms with Gasteiger partial charge in [0.05, 0.1) is 40.9 Å². The van der Waals surface area contributed by atoms with E-state index in [9.17, 15) is 25.6 Å². The van der Waals surface area contributed by atoms with E-state index in [1.54, 1.807) is 6.07 Å². The number of halogens is 3. The summed E-state index contributed by atoms with van der Waals surface area (Å²) in [6.45, 7) is 2.32. The van der Waals surface area contributed by atoms with Crippen LogP contribution in [0.1, 0.15) is 6.42 Å². The number of ether oxygens (including phenoxy) is 1. The second-order valence-corrected chi connectivity index (χ2v) is 14.6. The summed E-state index contributed by atoms with van der Waals surface area (Å²) in [4.78, 5) is 14.6. The summed E-state index contributed by atoms with van der Waals surface area (Å²) in [6.07, 6.45) is 2.98. The molecule has 0 atom stereocenters. The van der Waals surface area contributed by atoms with Crippen LogP contribution in [0.2, 0.25) is 0 Å². The van der Waals surface area contributed by atoms with Gasteiger partial charge in [-0.15, -0.1) is 0 Å². The molecule has 0 unspecified atom stereocenters. The highest BCUT2D eigenvalue weighted by molar-refractivity contribution is 7.92. The maximum atomic E-state index is 16.1. The summed E-state index contributed by atoms with van der Waals surface area (Å²) >= 11 is 1.24. The molecule has 2 N–H and O–H groups in total. The summed E-state index contributed by atoms with van der Waals surface area (Å²) in [5, 5.41) is 3.54. The van der Waals surface area contributed by atoms with Crippen molar-refractivity contribution in [2.24, 2.45) is 0 Å². The first-order valence-corrected chi connectivity index (χ1v) is 17.6. The Kier molecular flexibility index (Phi) is 9.38. The van der Waals surface area contributed by atoms with Crippen LogP contribution in [-0.4, -0.2) is 76.6 Å². The number of anilines is 3. The first kappa shape index (κ1) is 31.6. The van der Waals surface area contributed by atoms with Gasteiger partial charge in [-0.3, -0.25) is 4.72 Å². The molecule has 234 valence electrons. The molecule has 2 aromatic carbocycles. The molecule has 0 amide bonds. The molecule has 0 bridgehead atoms. The summed E-state index contributed by atoms with van der Waals surface area (Å²) < 4.78 is 101. The van der Waals surface area contributed by atoms with E-state index in [0.717, 1.165) is 30.5 Å². The van der Waals surface area contributed by atoms with Gasteiger partial charge in [0.1, 0.15) is 21.5 Å². The Morgan fingerprint density at radius 1 is 0.977 bits per heavy atom. The summed E-state index contributed by atoms with van der Waals surface area (Å²) in [5.41, 5.74) is -0.0653. The molecule has 17 heteroatoms. The predicted molar refractivity (Wildman–Crippen MR) is 162 cm³/mol. The lowest BCUT2D eigenvalue weighted by atomic mass is 10.1. The Labute approximate surface area is 256 Å². The van der Waals surface area contributed by atoms with Crippen LogP contribution in [0.3, 0.4) is 0 Å². The van der Waals surface area contributed by atoms with Crippen molar-refractivity contribution in [2.75, 3.05) is 59.8 Å². The minimum atomic E-state index is -4.84. The van der Waals surface area contributed by atoms with Crippen molar-refractivity contribution in [2.45, 2.75) is 11.3 Å². The number of benzene rings is 2. The van der Waals surface area contributed by atoms with Crippen LogP contribution in [0.25, 0.3) is 21.8 Å². The average Bonchev–Trinajstić information content (AvgIpc) is 3.42. The lowest BCUT2D eigenvalue weighted by Crippen LogP contribution is -2.36. The van der Waals surface area contributed by atoms with Crippen molar-refractivity contribution in [3.05, 3.63) is 66.1 Å². The molecular weight excluding hydrogens is 642 g/mol. The van der Waals surface area contributed by atoms with E-state index < -0.39 is 47.9 Å². The van der Waals surface area contributed by atoms with Gasteiger partial charge < -0.3 is 15.0 Å². The fraction of sp³-hybridized carbons (Fsp3) is 0.296. The van der Waals surface area contributed by atoms with Gasteiger partial charge >= 0.3 is 0 Å². The zero-order chi connectivity index (χ0) is 31.5. The normalized spacial score (nSPS) is 14.0. The Balaban J connectivity index is 1.52. The molecule has 1 saturated heterocycles. The second kappa shape index (κ2) is 13.1. The lowest BCUT2D eigenvalue weighted by Gasteiger charge is -2.26. The fourth-order valence-electron chi connectivity index (χ4n) is 4.39. The largest absolute Gasteiger partial charge is 0.378 e. The lowest BCUT2D eigenvalue weighted by molar-refractivity contribution is 0.122. The first-order valence-electron chi connectivity index (χ1n) is 13.3. The molecule has 0 spiro atoms. The smallest absolute Gasteiger partial charge is 0.267 e. The third-order valence-electron chi connectivity index (χ3n) is 6.45. The number of sulfonamides is 1. The molecule has 0 saturated carbocycles. The molecule has 11 nitrogen and oxygen atoms in total. The third-order valence-corrected chi connectivity index (χ3v) is 10.0. The highest BCUT2D eigenvalue weighted by Gasteiger charge is 2.28. The van der Waals surface area contributed by atoms with Gasteiger partial charge in [0.15, 0.2) is 15.8 Å². The van der Waals surface area contributed by atoms with E-state index in [0.29, 0.717) is 55.0 Å². The number of hydrogen-bond acceptors (Lipinski definition) is 11. The van der Waals surface area contributed by atoms with E-state index in [2.05, 4.69) is 15.3 Å². The minimum Gasteiger partial charge on any atom is -0.378 e. The third kappa shape index (κ3) is 7.28. The fourth-order valence-corrected chi connectivity index (χ4v) is 7.36. The van der Waals surface area contributed by atoms with Crippen LogP contribution in [0, 0.1) is 17.5 Å². The number of nitrogens with zero attached hydrogens (tertiary/aromatic N) is 4. The molecule has 5 rings (SSSR count). The van der Waals surface area contributed by atoms with Crippen LogP contribution < -0.4 is 14.9 Å². The Hall–Kier alpha value is -3.80. The summed E-state index contributed by atoms with van der Waals surface area (Å²) in [5.74, 6) is -3.45. The predicted octanol–water partition coefficient (Wildman–Crippen LogP) is 4.17. The summed E-state index contributed by atoms with van der Waals surface area (Å²) in [6, 6.07) is 8.13. The number of sulfone groups is 1. The van der Waals surface area contributed by atoms with Crippen molar-refractivity contribution < 1.29 is 34.7 Å². The Morgan fingerprint density at radius 2 is 1.68 bits per heavy atom.